The molecule has 2 rings (SSSR count). The summed E-state index contributed by atoms with van der Waals surface area (Å²) in [5.41, 5.74) is 0.579. The van der Waals surface area contributed by atoms with Crippen LogP contribution in [0.15, 0.2) is 35.3 Å². The van der Waals surface area contributed by atoms with E-state index < -0.39 is 5.91 Å². The van der Waals surface area contributed by atoms with E-state index in [0.29, 0.717) is 35.4 Å². The minimum Gasteiger partial charge on any atom is -0.490 e. The molecule has 0 bridgehead atoms. The third-order valence-corrected chi connectivity index (χ3v) is 3.77. The molecule has 1 N–H and O–H groups in total. The smallest absolute Gasteiger partial charge is 0.268 e. The van der Waals surface area contributed by atoms with Crippen LogP contribution in [-0.2, 0) is 4.79 Å². The summed E-state index contributed by atoms with van der Waals surface area (Å²) in [5.74, 6) is 0.601. The summed E-state index contributed by atoms with van der Waals surface area (Å²) in [4.78, 5) is 16.3. The van der Waals surface area contributed by atoms with Gasteiger partial charge in [0.15, 0.2) is 16.6 Å². The molecule has 0 aliphatic rings. The number of anilines is 1. The number of amides is 1. The van der Waals surface area contributed by atoms with Crippen molar-refractivity contribution in [1.29, 1.82) is 5.26 Å². The molecule has 1 amide bonds. The molecule has 0 fully saturated rings. The lowest BCUT2D eigenvalue weighted by Gasteiger charge is -2.14. The number of rotatable bonds is 8. The van der Waals surface area contributed by atoms with E-state index in [4.69, 9.17) is 9.47 Å². The minimum atomic E-state index is -0.513. The van der Waals surface area contributed by atoms with Crippen molar-refractivity contribution in [3.63, 3.8) is 0 Å². The zero-order chi connectivity index (χ0) is 18.1. The highest BCUT2D eigenvalue weighted by Crippen LogP contribution is 2.33. The molecule has 6 nitrogen and oxygen atoms in total. The van der Waals surface area contributed by atoms with E-state index in [9.17, 15) is 10.1 Å². The molecule has 0 aliphatic carbocycles. The average molecular weight is 357 g/mol. The van der Waals surface area contributed by atoms with Crippen molar-refractivity contribution in [1.82, 2.24) is 4.98 Å². The third kappa shape index (κ3) is 5.06. The molecule has 25 heavy (non-hydrogen) atoms. The molecule has 0 aliphatic heterocycles. The lowest BCUT2D eigenvalue weighted by molar-refractivity contribution is -0.112. The van der Waals surface area contributed by atoms with E-state index in [-0.39, 0.29) is 5.57 Å². The van der Waals surface area contributed by atoms with Crippen molar-refractivity contribution in [3.05, 3.63) is 40.9 Å². The summed E-state index contributed by atoms with van der Waals surface area (Å²) in [6.45, 7) is 4.89. The zero-order valence-electron chi connectivity index (χ0n) is 14.1. The molecule has 0 atom stereocenters. The Balaban J connectivity index is 2.33. The fourth-order valence-electron chi connectivity index (χ4n) is 2.03. The maximum Gasteiger partial charge on any atom is 0.268 e. The molecule has 0 spiro atoms. The van der Waals surface area contributed by atoms with Crippen molar-refractivity contribution in [3.8, 4) is 17.6 Å². The topological polar surface area (TPSA) is 84.2 Å². The summed E-state index contributed by atoms with van der Waals surface area (Å²) >= 11 is 1.28. The van der Waals surface area contributed by atoms with E-state index in [1.807, 2.05) is 19.9 Å². The van der Waals surface area contributed by atoms with Gasteiger partial charge < -0.3 is 9.47 Å². The Morgan fingerprint density at radius 1 is 1.40 bits per heavy atom. The highest BCUT2D eigenvalue weighted by Gasteiger charge is 2.15. The molecule has 0 saturated heterocycles. The SMILES string of the molecule is CCCOc1c(/C=C(\C#N)C(=O)Nc2nccs2)cccc1OCC. The van der Waals surface area contributed by atoms with Crippen LogP contribution in [0.2, 0.25) is 0 Å². The quantitative estimate of drug-likeness (QED) is 0.572. The number of benzene rings is 1. The van der Waals surface area contributed by atoms with Crippen molar-refractivity contribution >= 4 is 28.5 Å². The molecule has 130 valence electrons. The lowest BCUT2D eigenvalue weighted by Crippen LogP contribution is -2.13. The maximum absolute atomic E-state index is 12.3. The highest BCUT2D eigenvalue weighted by atomic mass is 32.1. The molecule has 1 heterocycles. The number of nitrogens with zero attached hydrogens (tertiary/aromatic N) is 2. The molecule has 2 aromatic rings. The summed E-state index contributed by atoms with van der Waals surface area (Å²) in [7, 11) is 0. The number of para-hydroxylation sites is 1. The van der Waals surface area contributed by atoms with Gasteiger partial charge in [0.2, 0.25) is 0 Å². The monoisotopic (exact) mass is 357 g/mol. The van der Waals surface area contributed by atoms with Gasteiger partial charge in [0, 0.05) is 17.1 Å². The molecule has 1 aromatic heterocycles. The van der Waals surface area contributed by atoms with Crippen LogP contribution in [0.1, 0.15) is 25.8 Å². The number of carbonyl (C=O) groups excluding carboxylic acids is 1. The van der Waals surface area contributed by atoms with Crippen molar-refractivity contribution in [2.75, 3.05) is 18.5 Å². The van der Waals surface area contributed by atoms with E-state index in [2.05, 4.69) is 10.3 Å². The molecular formula is C18H19N3O3S. The summed E-state index contributed by atoms with van der Waals surface area (Å²) in [5, 5.41) is 14.1. The van der Waals surface area contributed by atoms with Crippen LogP contribution in [0.4, 0.5) is 5.13 Å². The number of ether oxygens (including phenoxy) is 2. The molecular weight excluding hydrogens is 338 g/mol. The second kappa shape index (κ2) is 9.45. The van der Waals surface area contributed by atoms with E-state index in [1.165, 1.54) is 17.4 Å². The molecule has 7 heteroatoms. The van der Waals surface area contributed by atoms with Gasteiger partial charge in [0.25, 0.3) is 5.91 Å². The van der Waals surface area contributed by atoms with Crippen LogP contribution in [0.3, 0.4) is 0 Å². The first-order valence-electron chi connectivity index (χ1n) is 7.90. The maximum atomic E-state index is 12.3. The molecule has 0 unspecified atom stereocenters. The van der Waals surface area contributed by atoms with Gasteiger partial charge in [0.05, 0.1) is 13.2 Å². The first-order chi connectivity index (χ1) is 12.2. The number of nitrogens with one attached hydrogen (secondary N) is 1. The van der Waals surface area contributed by atoms with E-state index in [1.54, 1.807) is 29.8 Å². The molecule has 0 radical (unpaired) electrons. The van der Waals surface area contributed by atoms with Crippen molar-refractivity contribution < 1.29 is 14.3 Å². The van der Waals surface area contributed by atoms with Gasteiger partial charge in [-0.2, -0.15) is 5.26 Å². The Kier molecular flexibility index (Phi) is 6.99. The summed E-state index contributed by atoms with van der Waals surface area (Å²) in [6, 6.07) is 7.30. The predicted molar refractivity (Wildman–Crippen MR) is 97.7 cm³/mol. The Hall–Kier alpha value is -2.85. The number of carbonyl (C=O) groups is 1. The lowest BCUT2D eigenvalue weighted by atomic mass is 10.1. The Labute approximate surface area is 150 Å². The molecule has 0 saturated carbocycles. The third-order valence-electron chi connectivity index (χ3n) is 3.08. The number of hydrogen-bond donors (Lipinski definition) is 1. The van der Waals surface area contributed by atoms with Gasteiger partial charge in [-0.15, -0.1) is 11.3 Å². The van der Waals surface area contributed by atoms with Gasteiger partial charge in [-0.3, -0.25) is 10.1 Å². The second-order valence-corrected chi connectivity index (χ2v) is 5.81. The van der Waals surface area contributed by atoms with Crippen molar-refractivity contribution in [2.24, 2.45) is 0 Å². The van der Waals surface area contributed by atoms with Crippen LogP contribution in [0, 0.1) is 11.3 Å². The average Bonchev–Trinajstić information content (AvgIpc) is 3.12. The Morgan fingerprint density at radius 2 is 2.24 bits per heavy atom. The van der Waals surface area contributed by atoms with Gasteiger partial charge in [-0.25, -0.2) is 4.98 Å². The minimum absolute atomic E-state index is 0.0369. The fourth-order valence-corrected chi connectivity index (χ4v) is 2.55. The Morgan fingerprint density at radius 3 is 2.88 bits per heavy atom. The zero-order valence-corrected chi connectivity index (χ0v) is 14.9. The number of aromatic nitrogens is 1. The van der Waals surface area contributed by atoms with Crippen LogP contribution in [0.25, 0.3) is 6.08 Å². The second-order valence-electron chi connectivity index (χ2n) is 4.92. The standard InChI is InChI=1S/C18H19N3O3S/c1-3-9-24-16-13(6-5-7-15(16)23-4-2)11-14(12-19)17(22)21-18-20-8-10-25-18/h5-8,10-11H,3-4,9H2,1-2H3,(H,20,21,22)/b14-11+. The van der Waals surface area contributed by atoms with Gasteiger partial charge in [0.1, 0.15) is 11.6 Å². The van der Waals surface area contributed by atoms with Crippen LogP contribution < -0.4 is 14.8 Å². The van der Waals surface area contributed by atoms with Crippen LogP contribution >= 0.6 is 11.3 Å². The summed E-state index contributed by atoms with van der Waals surface area (Å²) in [6.07, 6.45) is 3.91. The number of thiazole rings is 1. The van der Waals surface area contributed by atoms with Crippen LogP contribution in [0.5, 0.6) is 11.5 Å². The van der Waals surface area contributed by atoms with Gasteiger partial charge in [-0.1, -0.05) is 19.1 Å². The highest BCUT2D eigenvalue weighted by molar-refractivity contribution is 7.13. The normalized spacial score (nSPS) is 10.8. The van der Waals surface area contributed by atoms with Gasteiger partial charge in [-0.05, 0) is 25.5 Å². The Bertz CT molecular complexity index is 779. The largest absolute Gasteiger partial charge is 0.490 e. The molecule has 1 aromatic carbocycles. The van der Waals surface area contributed by atoms with Crippen LogP contribution in [-0.4, -0.2) is 24.1 Å². The fraction of sp³-hybridized carbons (Fsp3) is 0.278. The van der Waals surface area contributed by atoms with Gasteiger partial charge >= 0.3 is 0 Å². The van der Waals surface area contributed by atoms with E-state index >= 15 is 0 Å². The predicted octanol–water partition coefficient (Wildman–Crippen LogP) is 3.88. The first kappa shape index (κ1) is 18.5. The summed E-state index contributed by atoms with van der Waals surface area (Å²) < 4.78 is 11.4. The van der Waals surface area contributed by atoms with Crippen molar-refractivity contribution in [2.45, 2.75) is 20.3 Å². The van der Waals surface area contributed by atoms with E-state index in [0.717, 1.165) is 6.42 Å². The number of hydrogen-bond acceptors (Lipinski definition) is 6. The first-order valence-corrected chi connectivity index (χ1v) is 8.78. The number of nitriles is 1.